The van der Waals surface area contributed by atoms with E-state index in [0.717, 1.165) is 12.8 Å². The summed E-state index contributed by atoms with van der Waals surface area (Å²) in [4.78, 5) is 0.119. The van der Waals surface area contributed by atoms with Crippen LogP contribution in [-0.2, 0) is 16.6 Å². The minimum absolute atomic E-state index is 0.0350. The molecule has 0 saturated heterocycles. The smallest absolute Gasteiger partial charge is 0.244 e. The van der Waals surface area contributed by atoms with E-state index >= 15 is 0 Å². The molecule has 2 rings (SSSR count). The maximum absolute atomic E-state index is 12.6. The molecule has 3 unspecified atom stereocenters. The molecule has 0 bridgehead atoms. The van der Waals surface area contributed by atoms with Crippen LogP contribution in [0.5, 0.6) is 5.75 Å². The molecule has 0 aliphatic heterocycles. The Balaban J connectivity index is 2.27. The third-order valence-corrected chi connectivity index (χ3v) is 6.00. The van der Waals surface area contributed by atoms with Crippen LogP contribution >= 0.6 is 0 Å². The quantitative estimate of drug-likeness (QED) is 0.870. The highest BCUT2D eigenvalue weighted by Crippen LogP contribution is 2.33. The largest absolute Gasteiger partial charge is 0.495 e. The third-order valence-electron chi connectivity index (χ3n) is 4.47. The zero-order chi connectivity index (χ0) is 15.6. The van der Waals surface area contributed by atoms with Crippen LogP contribution in [0.4, 0.5) is 0 Å². The van der Waals surface area contributed by atoms with Crippen molar-refractivity contribution < 1.29 is 18.3 Å². The lowest BCUT2D eigenvalue weighted by atomic mass is 9.98. The average molecular weight is 313 g/mol. The molecule has 1 aliphatic carbocycles. The van der Waals surface area contributed by atoms with Crippen molar-refractivity contribution in [3.63, 3.8) is 0 Å². The molecule has 3 atom stereocenters. The number of hydrogen-bond acceptors (Lipinski definition) is 4. The topological polar surface area (TPSA) is 75.6 Å². The Morgan fingerprint density at radius 3 is 2.57 bits per heavy atom. The van der Waals surface area contributed by atoms with E-state index in [-0.39, 0.29) is 23.3 Å². The van der Waals surface area contributed by atoms with Gasteiger partial charge in [-0.1, -0.05) is 19.9 Å². The lowest BCUT2D eigenvalue weighted by Gasteiger charge is -2.20. The summed E-state index contributed by atoms with van der Waals surface area (Å²) in [6, 6.07) is 4.59. The predicted octanol–water partition coefficient (Wildman–Crippen LogP) is 1.90. The van der Waals surface area contributed by atoms with Crippen molar-refractivity contribution >= 4 is 10.0 Å². The number of nitrogens with one attached hydrogen (secondary N) is 1. The van der Waals surface area contributed by atoms with Gasteiger partial charge in [0.05, 0.1) is 13.7 Å². The highest BCUT2D eigenvalue weighted by molar-refractivity contribution is 7.89. The van der Waals surface area contributed by atoms with Gasteiger partial charge in [0.15, 0.2) is 0 Å². The van der Waals surface area contributed by atoms with E-state index in [0.29, 0.717) is 17.4 Å². The second-order valence-corrected chi connectivity index (χ2v) is 7.47. The Hall–Kier alpha value is -1.11. The molecule has 2 N–H and O–H groups in total. The Kier molecular flexibility index (Phi) is 4.91. The zero-order valence-electron chi connectivity index (χ0n) is 12.7. The first kappa shape index (κ1) is 16.3. The highest BCUT2D eigenvalue weighted by atomic mass is 32.2. The number of aliphatic hydroxyl groups is 1. The van der Waals surface area contributed by atoms with E-state index in [9.17, 15) is 8.42 Å². The van der Waals surface area contributed by atoms with E-state index in [1.54, 1.807) is 12.1 Å². The van der Waals surface area contributed by atoms with Gasteiger partial charge in [0.1, 0.15) is 10.6 Å². The van der Waals surface area contributed by atoms with Gasteiger partial charge in [0.2, 0.25) is 10.0 Å². The van der Waals surface area contributed by atoms with Crippen LogP contribution < -0.4 is 9.46 Å². The second-order valence-electron chi connectivity index (χ2n) is 5.78. The maximum atomic E-state index is 12.6. The van der Waals surface area contributed by atoms with Gasteiger partial charge in [0, 0.05) is 6.04 Å². The van der Waals surface area contributed by atoms with Crippen molar-refractivity contribution in [1.29, 1.82) is 0 Å². The van der Waals surface area contributed by atoms with Crippen LogP contribution in [0, 0.1) is 11.8 Å². The Bertz CT molecular complexity index is 600. The van der Waals surface area contributed by atoms with Crippen molar-refractivity contribution in [2.24, 2.45) is 11.8 Å². The molecule has 1 aliphatic rings. The Morgan fingerprint density at radius 2 is 2.05 bits per heavy atom. The zero-order valence-corrected chi connectivity index (χ0v) is 13.5. The van der Waals surface area contributed by atoms with Gasteiger partial charge in [-0.15, -0.1) is 0 Å². The minimum atomic E-state index is -3.62. The first-order valence-electron chi connectivity index (χ1n) is 7.19. The predicted molar refractivity (Wildman–Crippen MR) is 80.6 cm³/mol. The number of rotatable bonds is 5. The van der Waals surface area contributed by atoms with Crippen LogP contribution in [0.25, 0.3) is 0 Å². The summed E-state index contributed by atoms with van der Waals surface area (Å²) in [7, 11) is -2.20. The fourth-order valence-corrected chi connectivity index (χ4v) is 4.34. The molecule has 1 aromatic carbocycles. The van der Waals surface area contributed by atoms with E-state index in [4.69, 9.17) is 9.84 Å². The van der Waals surface area contributed by atoms with Crippen LogP contribution in [-0.4, -0.2) is 26.7 Å². The molecule has 0 spiro atoms. The SMILES string of the molecule is COc1cc(CO)ccc1S(=O)(=O)NC1CCC(C)C1C. The Morgan fingerprint density at radius 1 is 1.33 bits per heavy atom. The summed E-state index contributed by atoms with van der Waals surface area (Å²) in [6.45, 7) is 4.08. The van der Waals surface area contributed by atoms with E-state index in [2.05, 4.69) is 18.6 Å². The van der Waals surface area contributed by atoms with Gasteiger partial charge in [-0.25, -0.2) is 13.1 Å². The summed E-state index contributed by atoms with van der Waals surface area (Å²) < 4.78 is 33.1. The van der Waals surface area contributed by atoms with Crippen molar-refractivity contribution in [3.05, 3.63) is 23.8 Å². The molecule has 5 nitrogen and oxygen atoms in total. The number of ether oxygens (including phenoxy) is 1. The van der Waals surface area contributed by atoms with E-state index < -0.39 is 10.0 Å². The lowest BCUT2D eigenvalue weighted by molar-refractivity contribution is 0.280. The van der Waals surface area contributed by atoms with Crippen molar-refractivity contribution in [2.75, 3.05) is 7.11 Å². The third kappa shape index (κ3) is 3.39. The van der Waals surface area contributed by atoms with Gasteiger partial charge in [-0.2, -0.15) is 0 Å². The van der Waals surface area contributed by atoms with E-state index in [1.807, 2.05) is 0 Å². The van der Waals surface area contributed by atoms with Crippen molar-refractivity contribution in [2.45, 2.75) is 44.2 Å². The van der Waals surface area contributed by atoms with Crippen LogP contribution in [0.3, 0.4) is 0 Å². The van der Waals surface area contributed by atoms with Gasteiger partial charge >= 0.3 is 0 Å². The Labute approximate surface area is 126 Å². The number of aliphatic hydroxyl groups excluding tert-OH is 1. The maximum Gasteiger partial charge on any atom is 0.244 e. The van der Waals surface area contributed by atoms with Gasteiger partial charge in [0.25, 0.3) is 0 Å². The fraction of sp³-hybridized carbons (Fsp3) is 0.600. The molecule has 0 radical (unpaired) electrons. The van der Waals surface area contributed by atoms with Gasteiger partial charge in [-0.3, -0.25) is 0 Å². The standard InChI is InChI=1S/C15H23NO4S/c1-10-4-6-13(11(10)2)16-21(18,19)15-7-5-12(9-17)8-14(15)20-3/h5,7-8,10-11,13,16-17H,4,6,9H2,1-3H3. The summed E-state index contributed by atoms with van der Waals surface area (Å²) in [5, 5.41) is 9.12. The first-order chi connectivity index (χ1) is 9.89. The van der Waals surface area contributed by atoms with Gasteiger partial charge < -0.3 is 9.84 Å². The number of sulfonamides is 1. The summed E-state index contributed by atoms with van der Waals surface area (Å²) in [6.07, 6.45) is 1.90. The second kappa shape index (κ2) is 6.34. The first-order valence-corrected chi connectivity index (χ1v) is 8.67. The van der Waals surface area contributed by atoms with Crippen LogP contribution in [0.1, 0.15) is 32.3 Å². The molecule has 1 aromatic rings. The fourth-order valence-electron chi connectivity index (χ4n) is 2.83. The molecule has 0 heterocycles. The molecule has 1 saturated carbocycles. The van der Waals surface area contributed by atoms with Gasteiger partial charge in [-0.05, 0) is 42.4 Å². The van der Waals surface area contributed by atoms with Crippen LogP contribution in [0.2, 0.25) is 0 Å². The average Bonchev–Trinajstić information content (AvgIpc) is 2.78. The number of benzene rings is 1. The van der Waals surface area contributed by atoms with Crippen LogP contribution in [0.15, 0.2) is 23.1 Å². The molecule has 6 heteroatoms. The van der Waals surface area contributed by atoms with Crippen molar-refractivity contribution in [3.8, 4) is 5.75 Å². The minimum Gasteiger partial charge on any atom is -0.495 e. The molecular weight excluding hydrogens is 290 g/mol. The highest BCUT2D eigenvalue weighted by Gasteiger charge is 2.33. The number of methoxy groups -OCH3 is 1. The summed E-state index contributed by atoms with van der Waals surface area (Å²) >= 11 is 0. The van der Waals surface area contributed by atoms with Crippen molar-refractivity contribution in [1.82, 2.24) is 4.72 Å². The molecule has 1 fully saturated rings. The molecule has 0 amide bonds. The number of hydrogen-bond donors (Lipinski definition) is 2. The molecular formula is C15H23NO4S. The normalized spacial score (nSPS) is 26.0. The monoisotopic (exact) mass is 313 g/mol. The molecule has 118 valence electrons. The van der Waals surface area contributed by atoms with E-state index in [1.165, 1.54) is 13.2 Å². The lowest BCUT2D eigenvalue weighted by Crippen LogP contribution is -2.37. The summed E-state index contributed by atoms with van der Waals surface area (Å²) in [5.74, 6) is 1.10. The summed E-state index contributed by atoms with van der Waals surface area (Å²) in [5.41, 5.74) is 0.619. The molecule has 21 heavy (non-hydrogen) atoms. The molecule has 0 aromatic heterocycles.